The van der Waals surface area contributed by atoms with Gasteiger partial charge < -0.3 is 10.2 Å². The molecule has 46 heavy (non-hydrogen) atoms. The molecule has 0 atom stereocenters. The molecule has 2 nitrogen and oxygen atoms in total. The molecule has 7 aromatic carbocycles. The van der Waals surface area contributed by atoms with Gasteiger partial charge in [-0.15, -0.1) is 22.7 Å². The molecule has 2 aromatic heterocycles. The summed E-state index contributed by atoms with van der Waals surface area (Å²) in [6.07, 6.45) is 0. The smallest absolute Gasteiger partial charge is 0.0468 e. The Morgan fingerprint density at radius 2 is 0.891 bits per heavy atom. The Labute approximate surface area is 275 Å². The van der Waals surface area contributed by atoms with Crippen LogP contribution in [-0.4, -0.2) is 0 Å². The van der Waals surface area contributed by atoms with E-state index in [1.807, 2.05) is 22.7 Å². The average molecular weight is 625 g/mol. The van der Waals surface area contributed by atoms with Gasteiger partial charge in [0.25, 0.3) is 0 Å². The minimum Gasteiger partial charge on any atom is -0.355 e. The van der Waals surface area contributed by atoms with Gasteiger partial charge in [0.1, 0.15) is 0 Å². The first-order valence-electron chi connectivity index (χ1n) is 15.4. The predicted molar refractivity (Wildman–Crippen MR) is 202 cm³/mol. The van der Waals surface area contributed by atoms with Crippen LogP contribution in [0.1, 0.15) is 0 Å². The normalized spacial score (nSPS) is 11.5. The van der Waals surface area contributed by atoms with E-state index in [1.54, 1.807) is 0 Å². The van der Waals surface area contributed by atoms with Crippen molar-refractivity contribution in [3.05, 3.63) is 164 Å². The fourth-order valence-electron chi connectivity index (χ4n) is 6.42. The van der Waals surface area contributed by atoms with Crippen molar-refractivity contribution in [3.63, 3.8) is 0 Å². The number of benzene rings is 7. The number of anilines is 5. The van der Waals surface area contributed by atoms with Gasteiger partial charge in [-0.1, -0.05) is 84.9 Å². The molecule has 0 aliphatic heterocycles. The first-order valence-corrected chi connectivity index (χ1v) is 17.1. The number of thiophene rings is 2. The van der Waals surface area contributed by atoms with E-state index in [2.05, 4.69) is 174 Å². The molecule has 0 bridgehead atoms. The molecule has 0 saturated heterocycles. The fraction of sp³-hybridized carbons (Fsp3) is 0. The zero-order chi connectivity index (χ0) is 30.5. The van der Waals surface area contributed by atoms with Crippen molar-refractivity contribution >= 4 is 91.5 Å². The number of nitrogens with one attached hydrogen (secondary N) is 1. The fourth-order valence-corrected chi connectivity index (χ4v) is 8.67. The van der Waals surface area contributed by atoms with Crippen molar-refractivity contribution in [1.82, 2.24) is 0 Å². The SMILES string of the molecule is c1ccc(-c2ccc3c(c2)sc2ccc(Nc4ccc5c(c4)sc4ccc(N(c6ccccc6)c6ccccc6)cc45)cc23)cc1. The van der Waals surface area contributed by atoms with Crippen LogP contribution in [0, 0.1) is 0 Å². The van der Waals surface area contributed by atoms with Crippen LogP contribution in [0.2, 0.25) is 0 Å². The van der Waals surface area contributed by atoms with E-state index >= 15 is 0 Å². The summed E-state index contributed by atoms with van der Waals surface area (Å²) < 4.78 is 5.19. The molecule has 1 N–H and O–H groups in total. The van der Waals surface area contributed by atoms with Gasteiger partial charge in [0.15, 0.2) is 0 Å². The van der Waals surface area contributed by atoms with Crippen LogP contribution in [0.3, 0.4) is 0 Å². The van der Waals surface area contributed by atoms with E-state index in [9.17, 15) is 0 Å². The van der Waals surface area contributed by atoms with Gasteiger partial charge >= 0.3 is 0 Å². The summed E-state index contributed by atoms with van der Waals surface area (Å²) in [6, 6.07) is 58.9. The second kappa shape index (κ2) is 11.2. The molecule has 0 fully saturated rings. The number of hydrogen-bond acceptors (Lipinski definition) is 4. The van der Waals surface area contributed by atoms with Crippen LogP contribution in [0.5, 0.6) is 0 Å². The lowest BCUT2D eigenvalue weighted by atomic mass is 10.0. The van der Waals surface area contributed by atoms with E-state index in [0.29, 0.717) is 0 Å². The predicted octanol–water partition coefficient (Wildman–Crippen LogP) is 13.3. The van der Waals surface area contributed by atoms with Gasteiger partial charge in [0, 0.05) is 68.8 Å². The van der Waals surface area contributed by atoms with Crippen LogP contribution < -0.4 is 10.2 Å². The van der Waals surface area contributed by atoms with E-state index in [0.717, 1.165) is 28.4 Å². The summed E-state index contributed by atoms with van der Waals surface area (Å²) in [7, 11) is 0. The lowest BCUT2D eigenvalue weighted by Crippen LogP contribution is -2.09. The highest BCUT2D eigenvalue weighted by Gasteiger charge is 2.15. The van der Waals surface area contributed by atoms with E-state index < -0.39 is 0 Å². The van der Waals surface area contributed by atoms with Crippen LogP contribution >= 0.6 is 22.7 Å². The van der Waals surface area contributed by atoms with Gasteiger partial charge in [0.05, 0.1) is 0 Å². The van der Waals surface area contributed by atoms with Crippen molar-refractivity contribution in [3.8, 4) is 11.1 Å². The number of hydrogen-bond donors (Lipinski definition) is 1. The van der Waals surface area contributed by atoms with E-state index in [1.165, 1.54) is 51.5 Å². The van der Waals surface area contributed by atoms with Gasteiger partial charge in [-0.3, -0.25) is 0 Å². The molecule has 218 valence electrons. The molecule has 0 radical (unpaired) electrons. The first-order chi connectivity index (χ1) is 22.8. The van der Waals surface area contributed by atoms with Crippen molar-refractivity contribution in [2.45, 2.75) is 0 Å². The van der Waals surface area contributed by atoms with Crippen LogP contribution in [-0.2, 0) is 0 Å². The molecule has 0 amide bonds. The zero-order valence-corrected chi connectivity index (χ0v) is 26.5. The highest BCUT2D eigenvalue weighted by Crippen LogP contribution is 2.42. The average Bonchev–Trinajstić information content (AvgIpc) is 3.66. The number of nitrogens with zero attached hydrogens (tertiary/aromatic N) is 1. The Morgan fingerprint density at radius 3 is 1.59 bits per heavy atom. The van der Waals surface area contributed by atoms with E-state index in [4.69, 9.17) is 0 Å². The quantitative estimate of drug-likeness (QED) is 0.198. The van der Waals surface area contributed by atoms with E-state index in [-0.39, 0.29) is 0 Å². The van der Waals surface area contributed by atoms with Gasteiger partial charge in [-0.25, -0.2) is 0 Å². The van der Waals surface area contributed by atoms with Crippen LogP contribution in [0.15, 0.2) is 164 Å². The minimum atomic E-state index is 1.10. The van der Waals surface area contributed by atoms with Gasteiger partial charge in [-0.05, 0) is 90.0 Å². The number of rotatable bonds is 6. The Hall–Kier alpha value is -5.42. The molecule has 0 aliphatic carbocycles. The molecule has 9 rings (SSSR count). The summed E-state index contributed by atoms with van der Waals surface area (Å²) >= 11 is 3.71. The number of fused-ring (bicyclic) bond motifs is 6. The lowest BCUT2D eigenvalue weighted by molar-refractivity contribution is 1.29. The molecular weight excluding hydrogens is 597 g/mol. The Kier molecular flexibility index (Phi) is 6.55. The Morgan fingerprint density at radius 1 is 0.348 bits per heavy atom. The molecule has 0 unspecified atom stereocenters. The molecule has 9 aromatic rings. The molecule has 0 aliphatic rings. The first kappa shape index (κ1) is 26.9. The zero-order valence-electron chi connectivity index (χ0n) is 24.9. The standard InChI is InChI=1S/C42H28N2S2/c1-4-10-28(11-5-1)29-16-20-35-37-25-30(18-22-39(37)45-41(35)24-29)43-31-17-21-36-38-27-34(19-23-40(38)46-42(36)26-31)44(32-12-6-2-7-13-32)33-14-8-3-9-15-33/h1-27,43H. The van der Waals surface area contributed by atoms with Gasteiger partial charge in [0.2, 0.25) is 0 Å². The monoisotopic (exact) mass is 624 g/mol. The lowest BCUT2D eigenvalue weighted by Gasteiger charge is -2.25. The third-order valence-corrected chi connectivity index (χ3v) is 10.9. The van der Waals surface area contributed by atoms with Gasteiger partial charge in [-0.2, -0.15) is 0 Å². The van der Waals surface area contributed by atoms with Crippen molar-refractivity contribution < 1.29 is 0 Å². The summed E-state index contributed by atoms with van der Waals surface area (Å²) in [5.41, 5.74) is 8.15. The topological polar surface area (TPSA) is 15.3 Å². The Bertz CT molecular complexity index is 2460. The molecule has 4 heteroatoms. The maximum absolute atomic E-state index is 3.70. The largest absolute Gasteiger partial charge is 0.355 e. The number of para-hydroxylation sites is 2. The molecule has 2 heterocycles. The second-order valence-corrected chi connectivity index (χ2v) is 13.7. The highest BCUT2D eigenvalue weighted by atomic mass is 32.1. The molecular formula is C42H28N2S2. The maximum Gasteiger partial charge on any atom is 0.0468 e. The van der Waals surface area contributed by atoms with Crippen molar-refractivity contribution in [1.29, 1.82) is 0 Å². The minimum absolute atomic E-state index is 1.10. The Balaban J connectivity index is 1.05. The van der Waals surface area contributed by atoms with Crippen molar-refractivity contribution in [2.24, 2.45) is 0 Å². The maximum atomic E-state index is 3.70. The second-order valence-electron chi connectivity index (χ2n) is 11.5. The van der Waals surface area contributed by atoms with Crippen molar-refractivity contribution in [2.75, 3.05) is 10.2 Å². The summed E-state index contributed by atoms with van der Waals surface area (Å²) in [5, 5.41) is 8.86. The summed E-state index contributed by atoms with van der Waals surface area (Å²) in [5.74, 6) is 0. The third-order valence-electron chi connectivity index (χ3n) is 8.61. The van der Waals surface area contributed by atoms with Crippen LogP contribution in [0.25, 0.3) is 51.5 Å². The van der Waals surface area contributed by atoms with Crippen LogP contribution in [0.4, 0.5) is 28.4 Å². The summed E-state index contributed by atoms with van der Waals surface area (Å²) in [4.78, 5) is 2.33. The highest BCUT2D eigenvalue weighted by molar-refractivity contribution is 7.26. The molecule has 0 saturated carbocycles. The molecule has 0 spiro atoms. The third kappa shape index (κ3) is 4.80. The summed E-state index contributed by atoms with van der Waals surface area (Å²) in [6.45, 7) is 0.